The molecule has 0 fully saturated rings. The third-order valence-corrected chi connectivity index (χ3v) is 4.15. The van der Waals surface area contributed by atoms with Crippen molar-refractivity contribution >= 4 is 34.5 Å². The number of fused-ring (bicyclic) bond motifs is 1. The van der Waals surface area contributed by atoms with E-state index in [-0.39, 0.29) is 0 Å². The van der Waals surface area contributed by atoms with E-state index in [1.54, 1.807) is 18.6 Å². The first-order valence-electron chi connectivity index (χ1n) is 8.02. The Balaban J connectivity index is 1.73. The lowest BCUT2D eigenvalue weighted by Crippen LogP contribution is -1.99. The predicted octanol–water partition coefficient (Wildman–Crippen LogP) is 4.79. The zero-order valence-corrected chi connectivity index (χ0v) is 14.4. The van der Waals surface area contributed by atoms with Gasteiger partial charge < -0.3 is 0 Å². The highest BCUT2D eigenvalue weighted by molar-refractivity contribution is 6.33. The Morgan fingerprint density at radius 3 is 2.62 bits per heavy atom. The van der Waals surface area contributed by atoms with Crippen molar-refractivity contribution in [2.45, 2.75) is 0 Å². The number of rotatable bonds is 4. The van der Waals surface area contributed by atoms with Crippen LogP contribution in [0.4, 0.5) is 5.82 Å². The smallest absolute Gasteiger partial charge is 0.163 e. The molecule has 0 spiro atoms. The first-order valence-corrected chi connectivity index (χ1v) is 8.40. The molecule has 2 aromatic carbocycles. The summed E-state index contributed by atoms with van der Waals surface area (Å²) >= 11 is 6.15. The molecule has 5 nitrogen and oxygen atoms in total. The minimum absolute atomic E-state index is 0.590. The maximum absolute atomic E-state index is 6.15. The number of hydrogen-bond acceptors (Lipinski definition) is 5. The summed E-state index contributed by atoms with van der Waals surface area (Å²) in [6, 6.07) is 19.1. The van der Waals surface area contributed by atoms with Crippen molar-refractivity contribution in [3.8, 4) is 11.4 Å². The zero-order chi connectivity index (χ0) is 17.8. The molecule has 0 bridgehead atoms. The molecular weight excluding hydrogens is 346 g/mol. The van der Waals surface area contributed by atoms with Gasteiger partial charge in [0.1, 0.15) is 0 Å². The minimum Gasteiger partial charge on any atom is -0.264 e. The molecule has 0 radical (unpaired) electrons. The molecule has 4 aromatic rings. The average Bonchev–Trinajstić information content (AvgIpc) is 2.70. The van der Waals surface area contributed by atoms with Crippen molar-refractivity contribution in [3.05, 3.63) is 83.6 Å². The van der Waals surface area contributed by atoms with E-state index in [1.165, 1.54) is 0 Å². The Hall–Kier alpha value is -3.31. The highest BCUT2D eigenvalue weighted by atomic mass is 35.5. The molecule has 0 atom stereocenters. The van der Waals surface area contributed by atoms with Crippen LogP contribution >= 0.6 is 11.6 Å². The van der Waals surface area contributed by atoms with Crippen LogP contribution in [0.1, 0.15) is 5.56 Å². The SMILES string of the molecule is Clc1ccccc1/C=N\Nc1nc(-c2cccnc2)nc2ccccc12. The Morgan fingerprint density at radius 1 is 0.923 bits per heavy atom. The number of nitrogens with one attached hydrogen (secondary N) is 1. The highest BCUT2D eigenvalue weighted by Crippen LogP contribution is 2.24. The molecule has 0 saturated carbocycles. The fourth-order valence-electron chi connectivity index (χ4n) is 2.53. The van der Waals surface area contributed by atoms with Crippen LogP contribution in [0.15, 0.2) is 78.2 Å². The monoisotopic (exact) mass is 359 g/mol. The lowest BCUT2D eigenvalue weighted by Gasteiger charge is -2.08. The number of benzene rings is 2. The van der Waals surface area contributed by atoms with Crippen LogP contribution < -0.4 is 5.43 Å². The molecule has 4 rings (SSSR count). The fourth-order valence-corrected chi connectivity index (χ4v) is 2.71. The minimum atomic E-state index is 0.590. The van der Waals surface area contributed by atoms with Crippen molar-refractivity contribution in [1.29, 1.82) is 0 Å². The van der Waals surface area contributed by atoms with E-state index in [9.17, 15) is 0 Å². The Morgan fingerprint density at radius 2 is 1.77 bits per heavy atom. The molecular formula is C20H14ClN5. The van der Waals surface area contributed by atoms with E-state index in [0.29, 0.717) is 16.7 Å². The molecule has 0 unspecified atom stereocenters. The molecule has 6 heteroatoms. The topological polar surface area (TPSA) is 63.1 Å². The van der Waals surface area contributed by atoms with Gasteiger partial charge in [-0.05, 0) is 30.3 Å². The van der Waals surface area contributed by atoms with Crippen molar-refractivity contribution in [1.82, 2.24) is 15.0 Å². The predicted molar refractivity (Wildman–Crippen MR) is 105 cm³/mol. The first-order chi connectivity index (χ1) is 12.8. The van der Waals surface area contributed by atoms with Gasteiger partial charge in [0, 0.05) is 33.9 Å². The van der Waals surface area contributed by atoms with Gasteiger partial charge in [-0.2, -0.15) is 5.10 Å². The van der Waals surface area contributed by atoms with Crippen LogP contribution in [-0.4, -0.2) is 21.2 Å². The molecule has 0 saturated heterocycles. The number of anilines is 1. The molecule has 0 amide bonds. The molecule has 0 aliphatic rings. The summed E-state index contributed by atoms with van der Waals surface area (Å²) in [6.07, 6.45) is 5.13. The maximum Gasteiger partial charge on any atom is 0.163 e. The van der Waals surface area contributed by atoms with E-state index in [2.05, 4.69) is 25.5 Å². The number of halogens is 1. The average molecular weight is 360 g/mol. The summed E-state index contributed by atoms with van der Waals surface area (Å²) in [4.78, 5) is 13.4. The highest BCUT2D eigenvalue weighted by Gasteiger charge is 2.08. The van der Waals surface area contributed by atoms with Crippen LogP contribution in [0, 0.1) is 0 Å². The molecule has 126 valence electrons. The van der Waals surface area contributed by atoms with E-state index in [0.717, 1.165) is 22.0 Å². The number of pyridine rings is 1. The van der Waals surface area contributed by atoms with E-state index in [1.807, 2.05) is 60.7 Å². The van der Waals surface area contributed by atoms with Crippen molar-refractivity contribution < 1.29 is 0 Å². The summed E-state index contributed by atoms with van der Waals surface area (Å²) < 4.78 is 0. The normalized spacial score (nSPS) is 11.1. The van der Waals surface area contributed by atoms with Gasteiger partial charge in [0.25, 0.3) is 0 Å². The molecule has 2 aromatic heterocycles. The number of hydrogen-bond donors (Lipinski definition) is 1. The van der Waals surface area contributed by atoms with Gasteiger partial charge in [0.05, 0.1) is 11.7 Å². The van der Waals surface area contributed by atoms with Crippen LogP contribution in [0.5, 0.6) is 0 Å². The second kappa shape index (κ2) is 7.29. The summed E-state index contributed by atoms with van der Waals surface area (Å²) in [5, 5.41) is 5.82. The lowest BCUT2D eigenvalue weighted by molar-refractivity contribution is 1.18. The van der Waals surface area contributed by atoms with Gasteiger partial charge in [-0.25, -0.2) is 9.97 Å². The Bertz CT molecular complexity index is 1080. The maximum atomic E-state index is 6.15. The summed E-state index contributed by atoms with van der Waals surface area (Å²) in [5.41, 5.74) is 5.51. The largest absolute Gasteiger partial charge is 0.264 e. The summed E-state index contributed by atoms with van der Waals surface area (Å²) in [5.74, 6) is 1.21. The van der Waals surface area contributed by atoms with Gasteiger partial charge in [-0.1, -0.05) is 41.9 Å². The van der Waals surface area contributed by atoms with Crippen molar-refractivity contribution in [2.75, 3.05) is 5.43 Å². The van der Waals surface area contributed by atoms with Gasteiger partial charge in [0.2, 0.25) is 0 Å². The van der Waals surface area contributed by atoms with Crippen LogP contribution in [-0.2, 0) is 0 Å². The van der Waals surface area contributed by atoms with Crippen LogP contribution in [0.25, 0.3) is 22.3 Å². The molecule has 1 N–H and O–H groups in total. The van der Waals surface area contributed by atoms with Gasteiger partial charge >= 0.3 is 0 Å². The summed E-state index contributed by atoms with van der Waals surface area (Å²) in [7, 11) is 0. The lowest BCUT2D eigenvalue weighted by atomic mass is 10.2. The molecule has 0 aliphatic heterocycles. The van der Waals surface area contributed by atoms with Gasteiger partial charge in [0.15, 0.2) is 11.6 Å². The van der Waals surface area contributed by atoms with E-state index < -0.39 is 0 Å². The number of nitrogens with zero attached hydrogens (tertiary/aromatic N) is 4. The van der Waals surface area contributed by atoms with Gasteiger partial charge in [-0.15, -0.1) is 0 Å². The second-order valence-corrected chi connectivity index (χ2v) is 5.95. The first kappa shape index (κ1) is 16.2. The van der Waals surface area contributed by atoms with E-state index >= 15 is 0 Å². The van der Waals surface area contributed by atoms with Crippen LogP contribution in [0.2, 0.25) is 5.02 Å². The second-order valence-electron chi connectivity index (χ2n) is 5.55. The van der Waals surface area contributed by atoms with Crippen LogP contribution in [0.3, 0.4) is 0 Å². The quantitative estimate of drug-likeness (QED) is 0.420. The van der Waals surface area contributed by atoms with Crippen molar-refractivity contribution in [2.24, 2.45) is 5.10 Å². The third-order valence-electron chi connectivity index (χ3n) is 3.80. The van der Waals surface area contributed by atoms with E-state index in [4.69, 9.17) is 11.6 Å². The van der Waals surface area contributed by atoms with Crippen molar-refractivity contribution in [3.63, 3.8) is 0 Å². The summed E-state index contributed by atoms with van der Waals surface area (Å²) in [6.45, 7) is 0. The third kappa shape index (κ3) is 3.38. The Labute approximate surface area is 155 Å². The molecule has 0 aliphatic carbocycles. The number of hydrazone groups is 1. The standard InChI is InChI=1S/C20H14ClN5/c21-17-9-3-1-6-14(17)13-23-26-20-16-8-2-4-10-18(16)24-19(25-20)15-7-5-11-22-12-15/h1-13H,(H,24,25,26)/b23-13-. The number of para-hydroxylation sites is 1. The molecule has 26 heavy (non-hydrogen) atoms. The fraction of sp³-hybridized carbons (Fsp3) is 0. The molecule has 2 heterocycles. The number of aromatic nitrogens is 3. The zero-order valence-electron chi connectivity index (χ0n) is 13.7. The van der Waals surface area contributed by atoms with Gasteiger partial charge in [-0.3, -0.25) is 10.4 Å². The Kier molecular flexibility index (Phi) is 4.53.